The summed E-state index contributed by atoms with van der Waals surface area (Å²) >= 11 is 5.80. The topological polar surface area (TPSA) is 84.0 Å². The van der Waals surface area contributed by atoms with Crippen molar-refractivity contribution in [2.24, 2.45) is 0 Å². The number of ether oxygens (including phenoxy) is 1. The average Bonchev–Trinajstić information content (AvgIpc) is 2.77. The van der Waals surface area contributed by atoms with Gasteiger partial charge in [0.1, 0.15) is 5.82 Å². The third-order valence-electron chi connectivity index (χ3n) is 4.66. The van der Waals surface area contributed by atoms with Crippen LogP contribution in [0.15, 0.2) is 59.5 Å². The van der Waals surface area contributed by atoms with E-state index in [4.69, 9.17) is 16.3 Å². The number of hydrogen-bond donors (Lipinski definition) is 0. The molecule has 1 saturated heterocycles. The predicted molar refractivity (Wildman–Crippen MR) is 113 cm³/mol. The highest BCUT2D eigenvalue weighted by Crippen LogP contribution is 2.20. The Morgan fingerprint density at radius 3 is 2.23 bits per heavy atom. The molecule has 0 aromatic heterocycles. The third-order valence-corrected chi connectivity index (χ3v) is 6.83. The molecule has 1 heterocycles. The quantitative estimate of drug-likeness (QED) is 0.482. The first kappa shape index (κ1) is 22.9. The van der Waals surface area contributed by atoms with Crippen molar-refractivity contribution in [2.75, 3.05) is 32.8 Å². The number of sulfonamides is 1. The maximum absolute atomic E-state index is 12.9. The normalized spacial score (nSPS) is 15.2. The first-order valence-electron chi connectivity index (χ1n) is 9.39. The highest BCUT2D eigenvalue weighted by Gasteiger charge is 2.30. The van der Waals surface area contributed by atoms with Crippen molar-refractivity contribution in [1.82, 2.24) is 9.21 Å². The summed E-state index contributed by atoms with van der Waals surface area (Å²) in [6.45, 7) is 0.198. The lowest BCUT2D eigenvalue weighted by Crippen LogP contribution is -2.51. The molecule has 10 heteroatoms. The van der Waals surface area contributed by atoms with Crippen molar-refractivity contribution in [3.05, 3.63) is 71.0 Å². The van der Waals surface area contributed by atoms with Gasteiger partial charge in [-0.25, -0.2) is 17.6 Å². The summed E-state index contributed by atoms with van der Waals surface area (Å²) in [6, 6.07) is 11.4. The van der Waals surface area contributed by atoms with Crippen LogP contribution in [0.25, 0.3) is 6.08 Å². The first-order valence-corrected chi connectivity index (χ1v) is 11.2. The highest BCUT2D eigenvalue weighted by molar-refractivity contribution is 7.89. The summed E-state index contributed by atoms with van der Waals surface area (Å²) in [6.07, 6.45) is 2.60. The van der Waals surface area contributed by atoms with Crippen molar-refractivity contribution in [3.8, 4) is 0 Å². The molecule has 1 amide bonds. The molecule has 0 bridgehead atoms. The van der Waals surface area contributed by atoms with Gasteiger partial charge < -0.3 is 9.64 Å². The number of nitrogens with zero attached hydrogens (tertiary/aromatic N) is 2. The molecule has 1 fully saturated rings. The van der Waals surface area contributed by atoms with Crippen LogP contribution >= 0.6 is 11.6 Å². The Labute approximate surface area is 184 Å². The fourth-order valence-corrected chi connectivity index (χ4v) is 4.49. The first-order chi connectivity index (χ1) is 14.8. The van der Waals surface area contributed by atoms with E-state index in [1.807, 2.05) is 0 Å². The van der Waals surface area contributed by atoms with Gasteiger partial charge in [0, 0.05) is 37.3 Å². The Kier molecular flexibility index (Phi) is 7.42. The molecule has 2 aromatic carbocycles. The Morgan fingerprint density at radius 1 is 1.00 bits per heavy atom. The van der Waals surface area contributed by atoms with E-state index in [0.717, 1.165) is 6.08 Å². The fourth-order valence-electron chi connectivity index (χ4n) is 2.94. The Hall–Kier alpha value is -2.75. The molecule has 0 aliphatic carbocycles. The number of esters is 1. The van der Waals surface area contributed by atoms with Gasteiger partial charge in [-0.3, -0.25) is 4.79 Å². The van der Waals surface area contributed by atoms with Crippen molar-refractivity contribution in [2.45, 2.75) is 4.90 Å². The number of carbonyl (C=O) groups excluding carboxylic acids is 2. The lowest BCUT2D eigenvalue weighted by molar-refractivity contribution is -0.148. The molecule has 0 unspecified atom stereocenters. The number of rotatable bonds is 6. The smallest absolute Gasteiger partial charge is 0.331 e. The molecule has 1 aliphatic heterocycles. The largest absolute Gasteiger partial charge is 0.452 e. The van der Waals surface area contributed by atoms with E-state index in [0.29, 0.717) is 10.6 Å². The molecule has 1 aliphatic rings. The average molecular weight is 467 g/mol. The van der Waals surface area contributed by atoms with E-state index in [1.54, 1.807) is 0 Å². The van der Waals surface area contributed by atoms with Gasteiger partial charge in [0.15, 0.2) is 6.61 Å². The van der Waals surface area contributed by atoms with Crippen LogP contribution in [0.1, 0.15) is 5.56 Å². The number of halogens is 2. The van der Waals surface area contributed by atoms with E-state index in [-0.39, 0.29) is 36.9 Å². The van der Waals surface area contributed by atoms with Gasteiger partial charge in [-0.15, -0.1) is 0 Å². The van der Waals surface area contributed by atoms with E-state index in [1.165, 1.54) is 63.8 Å². The van der Waals surface area contributed by atoms with Crippen LogP contribution in [-0.4, -0.2) is 62.3 Å². The molecule has 0 spiro atoms. The number of hydrogen-bond acceptors (Lipinski definition) is 5. The summed E-state index contributed by atoms with van der Waals surface area (Å²) in [4.78, 5) is 25.6. The van der Waals surface area contributed by atoms with Gasteiger partial charge in [0.05, 0.1) is 4.90 Å². The number of carbonyl (C=O) groups is 2. The lowest BCUT2D eigenvalue weighted by Gasteiger charge is -2.33. The van der Waals surface area contributed by atoms with Gasteiger partial charge in [0.25, 0.3) is 5.91 Å². The van der Waals surface area contributed by atoms with Crippen molar-refractivity contribution in [3.63, 3.8) is 0 Å². The van der Waals surface area contributed by atoms with Crippen molar-refractivity contribution >= 4 is 39.6 Å². The minimum absolute atomic E-state index is 0.134. The van der Waals surface area contributed by atoms with E-state index in [2.05, 4.69) is 0 Å². The number of benzene rings is 2. The van der Waals surface area contributed by atoms with Crippen LogP contribution in [0, 0.1) is 5.82 Å². The molecule has 0 saturated carbocycles. The summed E-state index contributed by atoms with van der Waals surface area (Å²) in [5.74, 6) is -1.50. The molecule has 164 valence electrons. The fraction of sp³-hybridized carbons (Fsp3) is 0.238. The molecule has 7 nitrogen and oxygen atoms in total. The molecule has 0 N–H and O–H groups in total. The standard InChI is InChI=1S/C21H20ClFN2O5S/c22-17-4-8-19(9-5-17)31(28,29)25-13-11-24(12-14-25)20(26)15-30-21(27)10-3-16-1-6-18(23)7-2-16/h1-10H,11-15H2/b10-3+. The van der Waals surface area contributed by atoms with Crippen molar-refractivity contribution in [1.29, 1.82) is 0 Å². The minimum Gasteiger partial charge on any atom is -0.452 e. The van der Waals surface area contributed by atoms with Gasteiger partial charge in [-0.05, 0) is 48.0 Å². The molecule has 2 aromatic rings. The SMILES string of the molecule is O=C(/C=C/c1ccc(F)cc1)OCC(=O)N1CCN(S(=O)(=O)c2ccc(Cl)cc2)CC1. The molecular weight excluding hydrogens is 447 g/mol. The summed E-state index contributed by atoms with van der Waals surface area (Å²) in [5.41, 5.74) is 0.614. The minimum atomic E-state index is -3.67. The second-order valence-electron chi connectivity index (χ2n) is 6.73. The van der Waals surface area contributed by atoms with Crippen LogP contribution in [0.2, 0.25) is 5.02 Å². The Morgan fingerprint density at radius 2 is 1.61 bits per heavy atom. The van der Waals surface area contributed by atoms with Crippen LogP contribution in [0.4, 0.5) is 4.39 Å². The Balaban J connectivity index is 1.47. The molecular formula is C21H20ClFN2O5S. The van der Waals surface area contributed by atoms with Crippen LogP contribution in [0.5, 0.6) is 0 Å². The van der Waals surface area contributed by atoms with Gasteiger partial charge in [0.2, 0.25) is 10.0 Å². The summed E-state index contributed by atoms with van der Waals surface area (Å²) < 4.78 is 44.5. The molecule has 0 radical (unpaired) electrons. The lowest BCUT2D eigenvalue weighted by atomic mass is 10.2. The highest BCUT2D eigenvalue weighted by atomic mass is 35.5. The van der Waals surface area contributed by atoms with Crippen LogP contribution in [-0.2, 0) is 24.3 Å². The van der Waals surface area contributed by atoms with Gasteiger partial charge >= 0.3 is 5.97 Å². The van der Waals surface area contributed by atoms with E-state index >= 15 is 0 Å². The second-order valence-corrected chi connectivity index (χ2v) is 9.11. The molecule has 0 atom stereocenters. The summed E-state index contributed by atoms with van der Waals surface area (Å²) in [5, 5.41) is 0.441. The van der Waals surface area contributed by atoms with Gasteiger partial charge in [-0.2, -0.15) is 4.31 Å². The zero-order chi connectivity index (χ0) is 22.4. The van der Waals surface area contributed by atoms with Crippen LogP contribution in [0.3, 0.4) is 0 Å². The zero-order valence-corrected chi connectivity index (χ0v) is 18.0. The third kappa shape index (κ3) is 6.13. The molecule has 31 heavy (non-hydrogen) atoms. The van der Waals surface area contributed by atoms with E-state index in [9.17, 15) is 22.4 Å². The number of piperazine rings is 1. The summed E-state index contributed by atoms with van der Waals surface area (Å²) in [7, 11) is -3.67. The maximum atomic E-state index is 12.9. The zero-order valence-electron chi connectivity index (χ0n) is 16.4. The number of amides is 1. The maximum Gasteiger partial charge on any atom is 0.331 e. The van der Waals surface area contributed by atoms with Gasteiger partial charge in [-0.1, -0.05) is 23.7 Å². The monoisotopic (exact) mass is 466 g/mol. The van der Waals surface area contributed by atoms with Crippen molar-refractivity contribution < 1.29 is 27.1 Å². The van der Waals surface area contributed by atoms with Crippen LogP contribution < -0.4 is 0 Å². The molecule has 3 rings (SSSR count). The second kappa shape index (κ2) is 10.0. The Bertz CT molecular complexity index is 1060. The predicted octanol–water partition coefficient (Wildman–Crippen LogP) is 2.57. The van der Waals surface area contributed by atoms with E-state index < -0.39 is 28.5 Å².